The van der Waals surface area contributed by atoms with Gasteiger partial charge in [-0.05, 0) is 18.6 Å². The van der Waals surface area contributed by atoms with Crippen LogP contribution in [0.5, 0.6) is 5.88 Å². The quantitative estimate of drug-likeness (QED) is 0.805. The van der Waals surface area contributed by atoms with Crippen molar-refractivity contribution in [2.75, 3.05) is 7.11 Å². The van der Waals surface area contributed by atoms with Crippen molar-refractivity contribution in [2.45, 2.75) is 18.7 Å². The molecule has 5 heteroatoms. The highest BCUT2D eigenvalue weighted by molar-refractivity contribution is 6.20. The van der Waals surface area contributed by atoms with Crippen molar-refractivity contribution in [3.05, 3.63) is 53.2 Å². The minimum absolute atomic E-state index is 0.291. The first kappa shape index (κ1) is 13.7. The van der Waals surface area contributed by atoms with Gasteiger partial charge in [0, 0.05) is 23.7 Å². The van der Waals surface area contributed by atoms with Crippen LogP contribution in [0.2, 0.25) is 0 Å². The Labute approximate surface area is 116 Å². The fraction of sp³-hybridized carbons (Fsp3) is 0.286. The Morgan fingerprint density at radius 2 is 2.11 bits per heavy atom. The van der Waals surface area contributed by atoms with E-state index >= 15 is 0 Å². The molecule has 1 heterocycles. The highest BCUT2D eigenvalue weighted by Gasteiger charge is 2.15. The van der Waals surface area contributed by atoms with Crippen molar-refractivity contribution in [1.29, 1.82) is 0 Å². The second-order valence-corrected chi connectivity index (χ2v) is 4.78. The molecule has 0 fully saturated rings. The number of hydrogen-bond acceptors (Lipinski definition) is 3. The largest absolute Gasteiger partial charge is 0.481 e. The van der Waals surface area contributed by atoms with E-state index in [1.54, 1.807) is 12.1 Å². The number of ether oxygens (including phenoxy) is 1. The summed E-state index contributed by atoms with van der Waals surface area (Å²) < 4.78 is 18.8. The van der Waals surface area contributed by atoms with Crippen LogP contribution in [0.3, 0.4) is 0 Å². The molecular formula is C14H14ClFN2O. The summed E-state index contributed by atoms with van der Waals surface area (Å²) >= 11 is 6.25. The molecule has 0 saturated heterocycles. The first-order chi connectivity index (χ1) is 9.10. The molecule has 100 valence electrons. The predicted molar refractivity (Wildman–Crippen MR) is 72.0 cm³/mol. The van der Waals surface area contributed by atoms with Crippen LogP contribution >= 0.6 is 11.6 Å². The lowest BCUT2D eigenvalue weighted by Crippen LogP contribution is -2.02. The van der Waals surface area contributed by atoms with Crippen molar-refractivity contribution in [3.8, 4) is 5.88 Å². The van der Waals surface area contributed by atoms with Crippen LogP contribution in [0, 0.1) is 12.7 Å². The van der Waals surface area contributed by atoms with E-state index in [1.807, 2.05) is 13.0 Å². The van der Waals surface area contributed by atoms with Crippen LogP contribution in [0.1, 0.15) is 22.2 Å². The summed E-state index contributed by atoms with van der Waals surface area (Å²) in [6.07, 6.45) is 1.82. The second-order valence-electron chi connectivity index (χ2n) is 4.25. The summed E-state index contributed by atoms with van der Waals surface area (Å²) in [5.74, 6) is 0.180. The van der Waals surface area contributed by atoms with E-state index in [9.17, 15) is 4.39 Å². The highest BCUT2D eigenvalue weighted by atomic mass is 35.5. The number of methoxy groups -OCH3 is 1. The van der Waals surface area contributed by atoms with Crippen molar-refractivity contribution in [1.82, 2.24) is 9.97 Å². The Morgan fingerprint density at radius 1 is 1.32 bits per heavy atom. The number of nitrogens with zero attached hydrogens (tertiary/aromatic N) is 2. The Balaban J connectivity index is 2.17. The van der Waals surface area contributed by atoms with Gasteiger partial charge in [-0.25, -0.2) is 14.4 Å². The zero-order valence-corrected chi connectivity index (χ0v) is 11.5. The molecule has 3 nitrogen and oxygen atoms in total. The summed E-state index contributed by atoms with van der Waals surface area (Å²) in [6.45, 7) is 1.84. The third kappa shape index (κ3) is 3.41. The molecule has 0 aliphatic carbocycles. The molecule has 2 rings (SSSR count). The predicted octanol–water partition coefficient (Wildman–Crippen LogP) is 3.46. The van der Waals surface area contributed by atoms with Gasteiger partial charge < -0.3 is 4.74 Å². The van der Waals surface area contributed by atoms with E-state index < -0.39 is 5.38 Å². The van der Waals surface area contributed by atoms with Crippen molar-refractivity contribution >= 4 is 11.6 Å². The van der Waals surface area contributed by atoms with E-state index in [-0.39, 0.29) is 5.82 Å². The first-order valence-electron chi connectivity index (χ1n) is 5.85. The minimum Gasteiger partial charge on any atom is -0.481 e. The van der Waals surface area contributed by atoms with Crippen LogP contribution < -0.4 is 4.74 Å². The lowest BCUT2D eigenvalue weighted by molar-refractivity contribution is 0.396. The van der Waals surface area contributed by atoms with E-state index in [2.05, 4.69) is 9.97 Å². The van der Waals surface area contributed by atoms with Gasteiger partial charge in [-0.2, -0.15) is 0 Å². The van der Waals surface area contributed by atoms with E-state index in [4.69, 9.17) is 16.3 Å². The molecule has 0 bridgehead atoms. The van der Waals surface area contributed by atoms with Gasteiger partial charge in [-0.1, -0.05) is 12.1 Å². The third-order valence-electron chi connectivity index (χ3n) is 2.79. The minimum atomic E-state index is -0.472. The molecule has 0 spiro atoms. The summed E-state index contributed by atoms with van der Waals surface area (Å²) in [6, 6.07) is 6.72. The zero-order valence-electron chi connectivity index (χ0n) is 10.7. The van der Waals surface area contributed by atoms with Gasteiger partial charge in [0.25, 0.3) is 0 Å². The van der Waals surface area contributed by atoms with Gasteiger partial charge in [-0.15, -0.1) is 11.6 Å². The fourth-order valence-electron chi connectivity index (χ4n) is 1.78. The van der Waals surface area contributed by atoms with Crippen LogP contribution in [-0.4, -0.2) is 17.1 Å². The van der Waals surface area contributed by atoms with Crippen molar-refractivity contribution < 1.29 is 9.13 Å². The van der Waals surface area contributed by atoms with Gasteiger partial charge in [0.05, 0.1) is 12.5 Å². The second kappa shape index (κ2) is 5.97. The average molecular weight is 281 g/mol. The molecule has 0 amide bonds. The van der Waals surface area contributed by atoms with Gasteiger partial charge in [0.2, 0.25) is 5.88 Å². The average Bonchev–Trinajstić information content (AvgIpc) is 2.38. The van der Waals surface area contributed by atoms with Gasteiger partial charge in [0.15, 0.2) is 0 Å². The summed E-state index contributed by atoms with van der Waals surface area (Å²) in [4.78, 5) is 8.02. The Hall–Kier alpha value is -1.68. The van der Waals surface area contributed by atoms with Crippen LogP contribution in [-0.2, 0) is 6.42 Å². The monoisotopic (exact) mass is 280 g/mol. The lowest BCUT2D eigenvalue weighted by Gasteiger charge is -2.11. The maximum Gasteiger partial charge on any atom is 0.216 e. The maximum absolute atomic E-state index is 13.8. The summed E-state index contributed by atoms with van der Waals surface area (Å²) in [5, 5.41) is -0.472. The van der Waals surface area contributed by atoms with E-state index in [0.717, 1.165) is 5.56 Å². The molecule has 0 aliphatic heterocycles. The molecule has 1 aromatic heterocycles. The zero-order chi connectivity index (χ0) is 13.8. The standard InChI is InChI=1S/C14H14ClFN2O/c1-9-3-4-11(13(16)5-9)12(15)6-10-7-14(19-2)18-8-17-10/h3-5,7-8,12H,6H2,1-2H3. The van der Waals surface area contributed by atoms with Crippen molar-refractivity contribution in [2.24, 2.45) is 0 Å². The normalized spacial score (nSPS) is 12.2. The molecule has 1 unspecified atom stereocenters. The Morgan fingerprint density at radius 3 is 2.79 bits per heavy atom. The summed E-state index contributed by atoms with van der Waals surface area (Å²) in [5.41, 5.74) is 2.06. The van der Waals surface area contributed by atoms with Gasteiger partial charge in [0.1, 0.15) is 12.1 Å². The van der Waals surface area contributed by atoms with E-state index in [1.165, 1.54) is 19.5 Å². The van der Waals surface area contributed by atoms with Crippen LogP contribution in [0.15, 0.2) is 30.6 Å². The lowest BCUT2D eigenvalue weighted by atomic mass is 10.0. The number of alkyl halides is 1. The van der Waals surface area contributed by atoms with Gasteiger partial charge >= 0.3 is 0 Å². The first-order valence-corrected chi connectivity index (χ1v) is 6.29. The van der Waals surface area contributed by atoms with Crippen LogP contribution in [0.25, 0.3) is 0 Å². The number of rotatable bonds is 4. The molecular weight excluding hydrogens is 267 g/mol. The molecule has 2 aromatic rings. The summed E-state index contributed by atoms with van der Waals surface area (Å²) in [7, 11) is 1.53. The molecule has 0 saturated carbocycles. The number of aryl methyl sites for hydroxylation is 1. The smallest absolute Gasteiger partial charge is 0.216 e. The molecule has 0 N–H and O–H groups in total. The Kier molecular flexibility index (Phi) is 4.32. The maximum atomic E-state index is 13.8. The molecule has 1 aromatic carbocycles. The number of benzene rings is 1. The Bertz CT molecular complexity index is 577. The van der Waals surface area contributed by atoms with Crippen molar-refractivity contribution in [3.63, 3.8) is 0 Å². The highest BCUT2D eigenvalue weighted by Crippen LogP contribution is 2.27. The molecule has 1 atom stereocenters. The number of aromatic nitrogens is 2. The van der Waals surface area contributed by atoms with E-state index in [0.29, 0.717) is 23.6 Å². The SMILES string of the molecule is COc1cc(CC(Cl)c2ccc(C)cc2F)ncn1. The molecule has 0 aliphatic rings. The number of hydrogen-bond donors (Lipinski definition) is 0. The van der Waals surface area contributed by atoms with Gasteiger partial charge in [-0.3, -0.25) is 0 Å². The molecule has 0 radical (unpaired) electrons. The number of halogens is 2. The van der Waals surface area contributed by atoms with Crippen LogP contribution in [0.4, 0.5) is 4.39 Å². The fourth-order valence-corrected chi connectivity index (χ4v) is 2.12. The third-order valence-corrected chi connectivity index (χ3v) is 3.18. The topological polar surface area (TPSA) is 35.0 Å². The molecule has 19 heavy (non-hydrogen) atoms.